The van der Waals surface area contributed by atoms with Gasteiger partial charge in [0.15, 0.2) is 0 Å². The second-order valence-corrected chi connectivity index (χ2v) is 10.8. The van der Waals surface area contributed by atoms with Crippen LogP contribution >= 0.6 is 23.1 Å². The molecular formula is C27H27N3O6S2. The third-order valence-electron chi connectivity index (χ3n) is 5.96. The first-order valence-corrected chi connectivity index (χ1v) is 14.1. The summed E-state index contributed by atoms with van der Waals surface area (Å²) in [6, 6.07) is 12.4. The van der Waals surface area contributed by atoms with Gasteiger partial charge in [0, 0.05) is 33.2 Å². The zero-order chi connectivity index (χ0) is 27.1. The molecule has 0 bridgehead atoms. The van der Waals surface area contributed by atoms with E-state index < -0.39 is 16.8 Å². The van der Waals surface area contributed by atoms with E-state index in [1.54, 1.807) is 25.1 Å². The molecule has 0 spiro atoms. The number of amides is 2. The van der Waals surface area contributed by atoms with Crippen LogP contribution in [0, 0.1) is 10.1 Å². The van der Waals surface area contributed by atoms with E-state index >= 15 is 0 Å². The van der Waals surface area contributed by atoms with Crippen molar-refractivity contribution in [3.63, 3.8) is 0 Å². The molecule has 3 aromatic rings. The van der Waals surface area contributed by atoms with Crippen molar-refractivity contribution in [2.75, 3.05) is 23.0 Å². The number of rotatable bonds is 9. The molecule has 1 heterocycles. The molecule has 2 amide bonds. The maximum atomic E-state index is 12.8. The van der Waals surface area contributed by atoms with Crippen LogP contribution in [0.3, 0.4) is 0 Å². The van der Waals surface area contributed by atoms with E-state index in [4.69, 9.17) is 4.74 Å². The number of hydrogen-bond acceptors (Lipinski definition) is 8. The zero-order valence-corrected chi connectivity index (χ0v) is 22.4. The minimum absolute atomic E-state index is 0.0918. The maximum Gasteiger partial charge on any atom is 0.341 e. The van der Waals surface area contributed by atoms with Crippen molar-refractivity contribution in [2.24, 2.45) is 0 Å². The van der Waals surface area contributed by atoms with Crippen LogP contribution in [0.25, 0.3) is 0 Å². The number of aryl methyl sites for hydroxylation is 1. The summed E-state index contributed by atoms with van der Waals surface area (Å²) >= 11 is 2.77. The second kappa shape index (κ2) is 12.7. The van der Waals surface area contributed by atoms with E-state index in [1.807, 2.05) is 6.07 Å². The molecule has 2 N–H and O–H groups in total. The molecule has 0 unspecified atom stereocenters. The standard InChI is InChI=1S/C27H27N3O6S2/c1-2-36-27(33)24-21-9-4-3-5-10-22(21)38-26(24)29-23(31)16-37-20-8-6-7-18(15-20)28-25(32)17-11-13-19(14-12-17)30(34)35/h6-8,11-15H,2-5,9-10,16H2,1H3,(H,28,32)(H,29,31). The highest BCUT2D eigenvalue weighted by Crippen LogP contribution is 2.38. The quantitative estimate of drug-likeness (QED) is 0.108. The molecule has 0 fully saturated rings. The van der Waals surface area contributed by atoms with Crippen LogP contribution < -0.4 is 10.6 Å². The number of thiophene rings is 1. The number of anilines is 2. The van der Waals surface area contributed by atoms with Gasteiger partial charge in [0.25, 0.3) is 11.6 Å². The first-order chi connectivity index (χ1) is 18.4. The van der Waals surface area contributed by atoms with Crippen LogP contribution in [0.4, 0.5) is 16.4 Å². The van der Waals surface area contributed by atoms with E-state index in [0.717, 1.165) is 47.4 Å². The van der Waals surface area contributed by atoms with Crippen molar-refractivity contribution >= 4 is 57.3 Å². The van der Waals surface area contributed by atoms with Gasteiger partial charge in [0.2, 0.25) is 5.91 Å². The van der Waals surface area contributed by atoms with Gasteiger partial charge < -0.3 is 15.4 Å². The molecule has 4 rings (SSSR count). The smallest absolute Gasteiger partial charge is 0.341 e. The molecule has 0 atom stereocenters. The molecule has 1 aromatic heterocycles. The molecule has 11 heteroatoms. The van der Waals surface area contributed by atoms with E-state index in [0.29, 0.717) is 21.8 Å². The monoisotopic (exact) mass is 553 g/mol. The molecule has 38 heavy (non-hydrogen) atoms. The molecule has 2 aromatic carbocycles. The Morgan fingerprint density at radius 1 is 1.05 bits per heavy atom. The number of nitrogens with one attached hydrogen (secondary N) is 2. The highest BCUT2D eigenvalue weighted by Gasteiger charge is 2.26. The predicted molar refractivity (Wildman–Crippen MR) is 148 cm³/mol. The summed E-state index contributed by atoms with van der Waals surface area (Å²) in [5.41, 5.74) is 2.23. The SMILES string of the molecule is CCOC(=O)c1c(NC(=O)CSc2cccc(NC(=O)c3ccc([N+](=O)[O-])cc3)c2)sc2c1CCCCC2. The summed E-state index contributed by atoms with van der Waals surface area (Å²) in [6.45, 7) is 2.03. The number of thioether (sulfide) groups is 1. The minimum Gasteiger partial charge on any atom is -0.462 e. The number of hydrogen-bond donors (Lipinski definition) is 2. The number of ether oxygens (including phenoxy) is 1. The van der Waals surface area contributed by atoms with Crippen LogP contribution in [-0.4, -0.2) is 35.1 Å². The molecule has 198 valence electrons. The zero-order valence-electron chi connectivity index (χ0n) is 20.8. The Morgan fingerprint density at radius 2 is 1.82 bits per heavy atom. The third-order valence-corrected chi connectivity index (χ3v) is 8.16. The van der Waals surface area contributed by atoms with Crippen molar-refractivity contribution in [2.45, 2.75) is 43.9 Å². The maximum absolute atomic E-state index is 12.8. The summed E-state index contributed by atoms with van der Waals surface area (Å²) in [5.74, 6) is -0.919. The fraction of sp³-hybridized carbons (Fsp3) is 0.296. The number of non-ortho nitro benzene ring substituents is 1. The summed E-state index contributed by atoms with van der Waals surface area (Å²) < 4.78 is 5.28. The van der Waals surface area contributed by atoms with Gasteiger partial charge in [-0.25, -0.2) is 4.79 Å². The topological polar surface area (TPSA) is 128 Å². The van der Waals surface area contributed by atoms with Gasteiger partial charge in [0.1, 0.15) is 5.00 Å². The number of esters is 1. The molecular weight excluding hydrogens is 526 g/mol. The molecule has 0 saturated carbocycles. The number of nitro groups is 1. The summed E-state index contributed by atoms with van der Waals surface area (Å²) in [6.07, 6.45) is 4.90. The number of nitrogens with zero attached hydrogens (tertiary/aromatic N) is 1. The molecule has 0 aliphatic heterocycles. The van der Waals surface area contributed by atoms with Gasteiger partial charge >= 0.3 is 5.97 Å². The van der Waals surface area contributed by atoms with Crippen molar-refractivity contribution in [1.82, 2.24) is 0 Å². The Hall–Kier alpha value is -3.70. The Balaban J connectivity index is 1.39. The fourth-order valence-electron chi connectivity index (χ4n) is 4.16. The van der Waals surface area contributed by atoms with Crippen LogP contribution in [-0.2, 0) is 22.4 Å². The lowest BCUT2D eigenvalue weighted by atomic mass is 10.1. The van der Waals surface area contributed by atoms with Crippen LogP contribution in [0.1, 0.15) is 57.3 Å². The van der Waals surface area contributed by atoms with Crippen LogP contribution in [0.15, 0.2) is 53.4 Å². The molecule has 0 saturated heterocycles. The van der Waals surface area contributed by atoms with Gasteiger partial charge in [-0.1, -0.05) is 12.5 Å². The van der Waals surface area contributed by atoms with E-state index in [9.17, 15) is 24.5 Å². The second-order valence-electron chi connectivity index (χ2n) is 8.61. The largest absolute Gasteiger partial charge is 0.462 e. The fourth-order valence-corrected chi connectivity index (χ4v) is 6.21. The highest BCUT2D eigenvalue weighted by atomic mass is 32.2. The number of carbonyl (C=O) groups excluding carboxylic acids is 3. The predicted octanol–water partition coefficient (Wildman–Crippen LogP) is 6.09. The summed E-state index contributed by atoms with van der Waals surface area (Å²) in [7, 11) is 0. The van der Waals surface area contributed by atoms with Gasteiger partial charge in [-0.15, -0.1) is 23.1 Å². The average Bonchev–Trinajstić information content (AvgIpc) is 3.07. The Morgan fingerprint density at radius 3 is 2.55 bits per heavy atom. The van der Waals surface area contributed by atoms with Gasteiger partial charge in [-0.2, -0.15) is 0 Å². The number of fused-ring (bicyclic) bond motifs is 1. The van der Waals surface area contributed by atoms with Crippen molar-refractivity contribution in [3.8, 4) is 0 Å². The van der Waals surface area contributed by atoms with Crippen molar-refractivity contribution in [1.29, 1.82) is 0 Å². The van der Waals surface area contributed by atoms with Crippen LogP contribution in [0.2, 0.25) is 0 Å². The summed E-state index contributed by atoms with van der Waals surface area (Å²) in [4.78, 5) is 50.3. The first kappa shape index (κ1) is 27.3. The van der Waals surface area contributed by atoms with Gasteiger partial charge in [-0.05, 0) is 68.5 Å². The number of benzene rings is 2. The van der Waals surface area contributed by atoms with Crippen molar-refractivity contribution in [3.05, 3.63) is 80.2 Å². The third kappa shape index (κ3) is 6.78. The molecule has 1 aliphatic rings. The Bertz CT molecular complexity index is 1350. The Labute approximate surface area is 228 Å². The van der Waals surface area contributed by atoms with E-state index in [2.05, 4.69) is 10.6 Å². The molecule has 0 radical (unpaired) electrons. The lowest BCUT2D eigenvalue weighted by molar-refractivity contribution is -0.384. The molecule has 9 nitrogen and oxygen atoms in total. The minimum atomic E-state index is -0.524. The lowest BCUT2D eigenvalue weighted by Crippen LogP contribution is -2.17. The number of carbonyl (C=O) groups is 3. The average molecular weight is 554 g/mol. The summed E-state index contributed by atoms with van der Waals surface area (Å²) in [5, 5.41) is 17.0. The highest BCUT2D eigenvalue weighted by molar-refractivity contribution is 8.00. The van der Waals surface area contributed by atoms with Crippen LogP contribution in [0.5, 0.6) is 0 Å². The van der Waals surface area contributed by atoms with Crippen molar-refractivity contribution < 1.29 is 24.0 Å². The van der Waals surface area contributed by atoms with Gasteiger partial charge in [0.05, 0.1) is 22.8 Å². The normalized spacial score (nSPS) is 12.7. The first-order valence-electron chi connectivity index (χ1n) is 12.3. The van der Waals surface area contributed by atoms with Gasteiger partial charge in [-0.3, -0.25) is 19.7 Å². The van der Waals surface area contributed by atoms with E-state index in [1.165, 1.54) is 47.4 Å². The van der Waals surface area contributed by atoms with E-state index in [-0.39, 0.29) is 24.0 Å². The number of nitro benzene ring substituents is 1. The molecule has 1 aliphatic carbocycles. The lowest BCUT2D eigenvalue weighted by Gasteiger charge is -2.09. The Kier molecular flexibility index (Phi) is 9.14.